The average molecular weight is 401 g/mol. The Labute approximate surface area is 168 Å². The second-order valence-electron chi connectivity index (χ2n) is 6.86. The lowest BCUT2D eigenvalue weighted by Crippen LogP contribution is -2.39. The molecule has 3 N–H and O–H groups in total. The molecule has 1 saturated heterocycles. The molecule has 1 aliphatic rings. The number of nitrogens with one attached hydrogen (secondary N) is 1. The number of nitrogens with two attached hydrogens (primary N) is 1. The van der Waals surface area contributed by atoms with Crippen molar-refractivity contribution in [1.29, 1.82) is 0 Å². The van der Waals surface area contributed by atoms with Crippen LogP contribution in [0.2, 0.25) is 0 Å². The number of halogens is 1. The summed E-state index contributed by atoms with van der Waals surface area (Å²) in [6.07, 6.45) is 1.11. The molecule has 3 atom stereocenters. The van der Waals surface area contributed by atoms with Gasteiger partial charge in [-0.15, -0.1) is 12.4 Å². The number of carbonyl (C=O) groups is 1. The summed E-state index contributed by atoms with van der Waals surface area (Å²) in [4.78, 5) is 12.6. The number of amides is 1. The van der Waals surface area contributed by atoms with Gasteiger partial charge in [-0.25, -0.2) is 0 Å². The molecule has 0 aliphatic carbocycles. The van der Waals surface area contributed by atoms with Crippen LogP contribution in [-0.2, 0) is 9.53 Å². The van der Waals surface area contributed by atoms with Crippen molar-refractivity contribution in [3.8, 4) is 11.5 Å². The van der Waals surface area contributed by atoms with Crippen molar-refractivity contribution >= 4 is 18.3 Å². The molecule has 0 saturated carbocycles. The van der Waals surface area contributed by atoms with E-state index >= 15 is 0 Å². The van der Waals surface area contributed by atoms with Crippen LogP contribution in [0.25, 0.3) is 0 Å². The van der Waals surface area contributed by atoms with Gasteiger partial charge in [-0.3, -0.25) is 4.79 Å². The number of rotatable bonds is 9. The number of benzene rings is 1. The highest BCUT2D eigenvalue weighted by molar-refractivity contribution is 5.85. The van der Waals surface area contributed by atoms with Crippen LogP contribution < -0.4 is 20.5 Å². The first-order valence-electron chi connectivity index (χ1n) is 9.55. The Morgan fingerprint density at radius 1 is 1.22 bits per heavy atom. The first-order valence-corrected chi connectivity index (χ1v) is 9.55. The number of ether oxygens (including phenoxy) is 3. The largest absolute Gasteiger partial charge is 0.490 e. The predicted molar refractivity (Wildman–Crippen MR) is 109 cm³/mol. The van der Waals surface area contributed by atoms with Crippen LogP contribution in [-0.4, -0.2) is 37.9 Å². The van der Waals surface area contributed by atoms with Gasteiger partial charge in [0.2, 0.25) is 5.91 Å². The summed E-state index contributed by atoms with van der Waals surface area (Å²) in [7, 11) is 0. The van der Waals surface area contributed by atoms with E-state index in [4.69, 9.17) is 19.9 Å². The molecule has 0 spiro atoms. The maximum Gasteiger partial charge on any atom is 0.249 e. The molecule has 27 heavy (non-hydrogen) atoms. The number of carbonyl (C=O) groups excluding carboxylic acids is 1. The van der Waals surface area contributed by atoms with Crippen LogP contribution in [0, 0.1) is 5.92 Å². The zero-order valence-electron chi connectivity index (χ0n) is 16.7. The molecule has 1 aliphatic heterocycles. The standard InChI is InChI=1S/C20H32N2O4.ClH/c1-5-24-16-9-7-14(11-18(16)25-6-2)19(13(3)4)22-20(23)17-10-8-15(12-21)26-17;/h7,9,11,13,15,17,19H,5-6,8,10,12,21H2,1-4H3,(H,22,23);1H/t15-,17+,19?;/m1./s1. The van der Waals surface area contributed by atoms with Gasteiger partial charge < -0.3 is 25.3 Å². The number of hydrogen-bond donors (Lipinski definition) is 2. The molecule has 0 bridgehead atoms. The molecule has 1 aromatic rings. The maximum atomic E-state index is 12.6. The fourth-order valence-corrected chi connectivity index (χ4v) is 3.21. The van der Waals surface area contributed by atoms with Crippen LogP contribution in [0.3, 0.4) is 0 Å². The Hall–Kier alpha value is -1.50. The summed E-state index contributed by atoms with van der Waals surface area (Å²) in [5.74, 6) is 1.56. The summed E-state index contributed by atoms with van der Waals surface area (Å²) in [5.41, 5.74) is 6.63. The van der Waals surface area contributed by atoms with Gasteiger partial charge in [0.1, 0.15) is 6.10 Å². The van der Waals surface area contributed by atoms with Gasteiger partial charge in [-0.05, 0) is 50.3 Å². The molecule has 1 heterocycles. The summed E-state index contributed by atoms with van der Waals surface area (Å²) in [5, 5.41) is 3.14. The normalized spacial score (nSPS) is 20.1. The van der Waals surface area contributed by atoms with Crippen LogP contribution in [0.4, 0.5) is 0 Å². The molecule has 6 nitrogen and oxygen atoms in total. The van der Waals surface area contributed by atoms with Crippen LogP contribution in [0.5, 0.6) is 11.5 Å². The SMILES string of the molecule is CCOc1ccc(C(NC(=O)[C@@H]2CC[C@H](CN)O2)C(C)C)cc1OCC.Cl. The van der Waals surface area contributed by atoms with Crippen molar-refractivity contribution in [3.05, 3.63) is 23.8 Å². The molecule has 1 aromatic carbocycles. The Bertz CT molecular complexity index is 597. The second kappa shape index (κ2) is 11.4. The average Bonchev–Trinajstić information content (AvgIpc) is 3.10. The van der Waals surface area contributed by atoms with Crippen molar-refractivity contribution in [2.75, 3.05) is 19.8 Å². The summed E-state index contributed by atoms with van der Waals surface area (Å²) in [6, 6.07) is 5.72. The minimum atomic E-state index is -0.418. The van der Waals surface area contributed by atoms with Gasteiger partial charge in [0.25, 0.3) is 0 Å². The summed E-state index contributed by atoms with van der Waals surface area (Å²) in [6.45, 7) is 9.63. The minimum absolute atomic E-state index is 0. The van der Waals surface area contributed by atoms with E-state index in [2.05, 4.69) is 19.2 Å². The predicted octanol–water partition coefficient (Wildman–Crippen LogP) is 3.23. The molecule has 1 amide bonds. The lowest BCUT2D eigenvalue weighted by molar-refractivity contribution is -0.133. The van der Waals surface area contributed by atoms with E-state index in [9.17, 15) is 4.79 Å². The quantitative estimate of drug-likeness (QED) is 0.665. The van der Waals surface area contributed by atoms with Crippen LogP contribution in [0.1, 0.15) is 52.1 Å². The van der Waals surface area contributed by atoms with E-state index in [0.29, 0.717) is 31.9 Å². The van der Waals surface area contributed by atoms with Gasteiger partial charge in [0.15, 0.2) is 11.5 Å². The molecular weight excluding hydrogens is 368 g/mol. The molecule has 1 unspecified atom stereocenters. The van der Waals surface area contributed by atoms with Gasteiger partial charge in [-0.1, -0.05) is 19.9 Å². The van der Waals surface area contributed by atoms with Crippen LogP contribution >= 0.6 is 12.4 Å². The molecule has 0 radical (unpaired) electrons. The molecule has 0 aromatic heterocycles. The van der Waals surface area contributed by atoms with Crippen molar-refractivity contribution in [1.82, 2.24) is 5.32 Å². The zero-order chi connectivity index (χ0) is 19.1. The van der Waals surface area contributed by atoms with E-state index in [-0.39, 0.29) is 36.4 Å². The highest BCUT2D eigenvalue weighted by Crippen LogP contribution is 2.33. The lowest BCUT2D eigenvalue weighted by atomic mass is 9.95. The Morgan fingerprint density at radius 3 is 2.44 bits per heavy atom. The first kappa shape index (κ1) is 23.5. The Morgan fingerprint density at radius 2 is 1.89 bits per heavy atom. The highest BCUT2D eigenvalue weighted by atomic mass is 35.5. The third-order valence-corrected chi connectivity index (χ3v) is 4.55. The minimum Gasteiger partial charge on any atom is -0.490 e. The topological polar surface area (TPSA) is 82.8 Å². The van der Waals surface area contributed by atoms with E-state index < -0.39 is 6.10 Å². The van der Waals surface area contributed by atoms with Crippen molar-refractivity contribution in [2.24, 2.45) is 11.7 Å². The molecule has 1 fully saturated rings. The third kappa shape index (κ3) is 6.26. The fraction of sp³-hybridized carbons (Fsp3) is 0.650. The summed E-state index contributed by atoms with van der Waals surface area (Å²) < 4.78 is 17.1. The summed E-state index contributed by atoms with van der Waals surface area (Å²) >= 11 is 0. The molecular formula is C20H33ClN2O4. The number of hydrogen-bond acceptors (Lipinski definition) is 5. The van der Waals surface area contributed by atoms with Gasteiger partial charge in [0, 0.05) is 6.54 Å². The fourth-order valence-electron chi connectivity index (χ4n) is 3.21. The highest BCUT2D eigenvalue weighted by Gasteiger charge is 2.32. The van der Waals surface area contributed by atoms with E-state index in [1.54, 1.807) is 0 Å². The molecule has 7 heteroatoms. The van der Waals surface area contributed by atoms with E-state index in [0.717, 1.165) is 17.7 Å². The first-order chi connectivity index (χ1) is 12.5. The Kier molecular flexibility index (Phi) is 9.91. The maximum absolute atomic E-state index is 12.6. The Balaban J connectivity index is 0.00000364. The third-order valence-electron chi connectivity index (χ3n) is 4.55. The van der Waals surface area contributed by atoms with Gasteiger partial charge >= 0.3 is 0 Å². The lowest BCUT2D eigenvalue weighted by Gasteiger charge is -2.25. The molecule has 2 rings (SSSR count). The van der Waals surface area contributed by atoms with Gasteiger partial charge in [-0.2, -0.15) is 0 Å². The zero-order valence-corrected chi connectivity index (χ0v) is 17.5. The van der Waals surface area contributed by atoms with Crippen molar-refractivity contribution in [3.63, 3.8) is 0 Å². The monoisotopic (exact) mass is 400 g/mol. The van der Waals surface area contributed by atoms with E-state index in [1.165, 1.54) is 0 Å². The smallest absolute Gasteiger partial charge is 0.249 e. The molecule has 154 valence electrons. The van der Waals surface area contributed by atoms with Crippen molar-refractivity contribution in [2.45, 2.75) is 58.8 Å². The van der Waals surface area contributed by atoms with Crippen LogP contribution in [0.15, 0.2) is 18.2 Å². The van der Waals surface area contributed by atoms with Crippen molar-refractivity contribution < 1.29 is 19.0 Å². The van der Waals surface area contributed by atoms with E-state index in [1.807, 2.05) is 32.0 Å². The van der Waals surface area contributed by atoms with Gasteiger partial charge in [0.05, 0.1) is 25.4 Å². The second-order valence-corrected chi connectivity index (χ2v) is 6.86.